The Kier molecular flexibility index (Phi) is 32.4. The molecule has 8 amide bonds. The van der Waals surface area contributed by atoms with E-state index in [1.54, 1.807) is 49.9 Å². The predicted molar refractivity (Wildman–Crippen MR) is 435 cm³/mol. The van der Waals surface area contributed by atoms with Crippen molar-refractivity contribution < 1.29 is 125 Å². The lowest BCUT2D eigenvalue weighted by Crippen LogP contribution is -2.55. The van der Waals surface area contributed by atoms with Crippen LogP contribution in [0.4, 0.5) is 25.8 Å². The minimum Gasteiger partial charge on any atom is -0.507 e. The Morgan fingerprint density at radius 1 is 0.721 bits per heavy atom. The number of nitrogens with one attached hydrogen (secondary N) is 4. The number of benzene rings is 5. The van der Waals surface area contributed by atoms with Crippen LogP contribution in [0.3, 0.4) is 0 Å². The maximum Gasteiger partial charge on any atom is 0.409 e. The number of likely N-dealkylation sites (N-methyl/N-ethyl adjacent to an activating group) is 2. The number of nitrogens with two attached hydrogens (primary N) is 1. The van der Waals surface area contributed by atoms with Gasteiger partial charge >= 0.3 is 18.2 Å². The summed E-state index contributed by atoms with van der Waals surface area (Å²) < 4.78 is 69.4. The number of phenols is 2. The first kappa shape index (κ1) is 91.7. The number of ether oxygens (including phenoxy) is 12. The summed E-state index contributed by atoms with van der Waals surface area (Å²) in [6.07, 6.45) is -7.68. The number of methoxy groups -OCH3 is 2. The van der Waals surface area contributed by atoms with Crippen molar-refractivity contribution in [1.29, 1.82) is 0 Å². The fourth-order valence-corrected chi connectivity index (χ4v) is 15.5. The molecule has 6 aliphatic rings. The lowest BCUT2D eigenvalue weighted by molar-refractivity contribution is -0.256. The van der Waals surface area contributed by atoms with Crippen molar-refractivity contribution in [2.75, 3.05) is 137 Å². The Morgan fingerprint density at radius 2 is 1.39 bits per heavy atom. The maximum atomic E-state index is 14.4. The molecule has 122 heavy (non-hydrogen) atoms. The molecule has 5 aromatic rings. The third-order valence-electron chi connectivity index (χ3n) is 22.1. The van der Waals surface area contributed by atoms with Gasteiger partial charge in [0.1, 0.15) is 35.6 Å². The number of nitrogens with zero attached hydrogens (tertiary/aromatic N) is 4. The molecule has 0 saturated carbocycles. The van der Waals surface area contributed by atoms with Gasteiger partial charge in [0.2, 0.25) is 35.2 Å². The molecule has 11 rings (SSSR count). The van der Waals surface area contributed by atoms with Gasteiger partial charge in [-0.2, -0.15) is 0 Å². The largest absolute Gasteiger partial charge is 0.507 e. The molecular weight excluding hydrogens is 1590 g/mol. The van der Waals surface area contributed by atoms with Crippen LogP contribution in [-0.4, -0.2) is 271 Å². The first-order chi connectivity index (χ1) is 58.7. The Hall–Kier alpha value is -11.0. The Morgan fingerprint density at radius 3 is 2.08 bits per heavy atom. The van der Waals surface area contributed by atoms with Crippen molar-refractivity contribution in [3.8, 4) is 29.1 Å². The molecule has 0 aromatic heterocycles. The Bertz CT molecular complexity index is 4690. The summed E-state index contributed by atoms with van der Waals surface area (Å²) in [5.41, 5.74) is 5.08. The SMILES string of the molecule is COc1cccc2c1C(=O)c1c(O)c3c(c(O)c1C2=O)C[C@@](O)(C(=O)COC(=O)N(C)CCN(C)C(=O)OCc1ccc(NC(=O)[C@H](CCCNC(N)=O)CC(=O)[C@@H](NC(=O)CCOCCOCCOCCOCCNC(=O)CCC(=O)N2Cc4ccccc4C#Cc4ccccc42)C(C)C)cc1)C[C@@H]3OC1C[C@H]2[C@H](O[C@@H]3[C@@H](OC)OCCN32)[C@H](C)O1. The van der Waals surface area contributed by atoms with Crippen LogP contribution < -0.4 is 36.6 Å². The van der Waals surface area contributed by atoms with Gasteiger partial charge in [-0.3, -0.25) is 43.3 Å². The van der Waals surface area contributed by atoms with Crippen LogP contribution >= 0.6 is 0 Å². The summed E-state index contributed by atoms with van der Waals surface area (Å²) >= 11 is 0. The number of Topliss-reactive ketones (excluding diaryl/α,β-unsaturated/α-hetero) is 2. The molecule has 35 heteroatoms. The monoisotopic (exact) mass is 1690 g/mol. The van der Waals surface area contributed by atoms with Crippen molar-refractivity contribution in [3.63, 3.8) is 0 Å². The van der Waals surface area contributed by atoms with Crippen LogP contribution in [-0.2, 0) is 100 Å². The van der Waals surface area contributed by atoms with Gasteiger partial charge < -0.3 is 114 Å². The number of carbonyl (C=O) groups is 11. The van der Waals surface area contributed by atoms with E-state index >= 15 is 0 Å². The third-order valence-corrected chi connectivity index (χ3v) is 22.1. The molecule has 9 N–H and O–H groups in total. The molecule has 3 saturated heterocycles. The van der Waals surface area contributed by atoms with E-state index in [0.717, 1.165) is 21.6 Å². The average molecular weight is 1690 g/mol. The average Bonchev–Trinajstić information content (AvgIpc) is 0.752. The van der Waals surface area contributed by atoms with E-state index in [0.29, 0.717) is 43.2 Å². The van der Waals surface area contributed by atoms with Crippen molar-refractivity contribution in [1.82, 2.24) is 30.7 Å². The highest BCUT2D eigenvalue weighted by atomic mass is 16.7. The highest BCUT2D eigenvalue weighted by Gasteiger charge is 2.56. The fourth-order valence-electron chi connectivity index (χ4n) is 15.5. The molecule has 0 spiro atoms. The molecule has 10 atom stereocenters. The summed E-state index contributed by atoms with van der Waals surface area (Å²) in [7, 11) is 5.58. The normalized spacial score (nSPS) is 20.4. The highest BCUT2D eigenvalue weighted by molar-refractivity contribution is 6.31. The second kappa shape index (κ2) is 43.2. The van der Waals surface area contributed by atoms with Gasteiger partial charge in [-0.25, -0.2) is 14.4 Å². The summed E-state index contributed by atoms with van der Waals surface area (Å²) in [6, 6.07) is 23.8. The van der Waals surface area contributed by atoms with Gasteiger partial charge in [0.25, 0.3) is 0 Å². The number of aromatic hydroxyl groups is 2. The molecule has 4 aliphatic heterocycles. The number of anilines is 2. The number of morpholine rings is 1. The number of ketones is 4. The number of aliphatic hydroxyl groups is 1. The summed E-state index contributed by atoms with van der Waals surface area (Å²) in [4.78, 5) is 154. The van der Waals surface area contributed by atoms with Crippen molar-refractivity contribution in [3.05, 3.63) is 147 Å². The minimum atomic E-state index is -2.49. The smallest absolute Gasteiger partial charge is 0.409 e. The van der Waals surface area contributed by atoms with E-state index in [9.17, 15) is 68.1 Å². The van der Waals surface area contributed by atoms with Gasteiger partial charge in [-0.05, 0) is 73.2 Å². The summed E-state index contributed by atoms with van der Waals surface area (Å²) in [6.45, 7) is 7.29. The number of hydrogen-bond donors (Lipinski definition) is 8. The Labute approximate surface area is 706 Å². The molecule has 35 nitrogen and oxygen atoms in total. The van der Waals surface area contributed by atoms with Gasteiger partial charge in [0.05, 0.1) is 114 Å². The van der Waals surface area contributed by atoms with E-state index in [-0.39, 0.29) is 182 Å². The van der Waals surface area contributed by atoms with Gasteiger partial charge in [-0.15, -0.1) is 0 Å². The van der Waals surface area contributed by atoms with Crippen LogP contribution in [0.2, 0.25) is 0 Å². The quantitative estimate of drug-likeness (QED) is 0.0134. The molecular formula is C87H107N9O26. The number of phenolic OH excluding ortho intramolecular Hbond substituents is 2. The second-order valence-corrected chi connectivity index (χ2v) is 30.8. The number of rotatable bonds is 41. The molecule has 0 bridgehead atoms. The lowest BCUT2D eigenvalue weighted by atomic mass is 9.72. The predicted octanol–water partition coefficient (Wildman–Crippen LogP) is 5.46. The number of primary amides is 1. The van der Waals surface area contributed by atoms with Crippen LogP contribution in [0, 0.1) is 23.7 Å². The first-order valence-electron chi connectivity index (χ1n) is 40.7. The van der Waals surface area contributed by atoms with E-state index in [1.165, 1.54) is 51.4 Å². The standard InChI is InChI=1S/C87H107N9O26/c1-51(2)75(92-68(100)29-35-113-38-40-115-42-43-116-41-39-114-36-31-89-67(99)27-28-69(101)96-48-57-16-9-8-14-54(57)23-24-55-15-10-11-19-61(55)96)63(97)44-56(17-13-30-90-84(88)107)81(106)91-58-25-21-53(22-26-58)49-118-85(108)93(4)32-33-94(5)86(109)119-50-66(98)87(110)46-60-72(79(105)74-73(77(60)103)76(102)59-18-12-20-64(111-6)71(59)78(74)104)65(47-87)121-70-45-62-80(52(3)120-70)122-82-83(112-7)117-37-34-95(62)82/h8-12,14-16,18-22,25-26,51-52,56,62,65,70,75,80,82-83,103,105,110H,13,17,27-50H2,1-7H3,(H,89,99)(H,91,106)(H,92,100)(H3,88,90,107)/t52-,56+,62-,65-,70?,75-,80+,82+,83-,87-/m0/s1. The topological polar surface area (TPSA) is 446 Å². The number of carbonyl (C=O) groups excluding carboxylic acids is 11. The van der Waals surface area contributed by atoms with Crippen LogP contribution in [0.15, 0.2) is 91.0 Å². The first-order valence-corrected chi connectivity index (χ1v) is 40.7. The summed E-state index contributed by atoms with van der Waals surface area (Å²) in [5, 5.41) is 47.7. The van der Waals surface area contributed by atoms with E-state index in [2.05, 4.69) is 38.0 Å². The van der Waals surface area contributed by atoms with Crippen molar-refractivity contribution in [2.24, 2.45) is 17.6 Å². The fraction of sp³-hybridized carbons (Fsp3) is 0.506. The van der Waals surface area contributed by atoms with E-state index in [1.807, 2.05) is 48.5 Å². The molecule has 2 aliphatic carbocycles. The van der Waals surface area contributed by atoms with Gasteiger partial charge in [0.15, 0.2) is 37.0 Å². The zero-order chi connectivity index (χ0) is 87.3. The second-order valence-electron chi connectivity index (χ2n) is 30.8. The zero-order valence-electron chi connectivity index (χ0n) is 69.4. The number of para-hydroxylation sites is 1. The molecule has 5 aromatic carbocycles. The Balaban J connectivity index is 0.573. The van der Waals surface area contributed by atoms with E-state index in [4.69, 9.17) is 62.6 Å². The molecule has 656 valence electrons. The van der Waals surface area contributed by atoms with Crippen molar-refractivity contribution in [2.45, 2.75) is 147 Å². The molecule has 1 unspecified atom stereocenters. The van der Waals surface area contributed by atoms with Crippen LogP contribution in [0.1, 0.15) is 143 Å². The number of urea groups is 1. The third kappa shape index (κ3) is 23.0. The number of amides is 8. The lowest BCUT2D eigenvalue weighted by Gasteiger charge is -2.43. The number of hydrogen-bond acceptors (Lipinski definition) is 27. The highest BCUT2D eigenvalue weighted by Crippen LogP contribution is 2.53. The van der Waals surface area contributed by atoms with Crippen LogP contribution in [0.25, 0.3) is 0 Å². The zero-order valence-corrected chi connectivity index (χ0v) is 69.4. The molecule has 0 radical (unpaired) electrons. The van der Waals surface area contributed by atoms with Crippen molar-refractivity contribution >= 4 is 76.4 Å². The van der Waals surface area contributed by atoms with Gasteiger partial charge in [0, 0.05) is 144 Å². The summed E-state index contributed by atoms with van der Waals surface area (Å²) in [5.74, 6) is -0.845. The number of fused-ring (bicyclic) bond motifs is 8. The molecule has 4 heterocycles. The maximum absolute atomic E-state index is 14.4. The molecule has 3 fully saturated rings. The van der Waals surface area contributed by atoms with Gasteiger partial charge in [-0.1, -0.05) is 80.3 Å². The van der Waals surface area contributed by atoms with Crippen LogP contribution in [0.5, 0.6) is 17.2 Å². The minimum absolute atomic E-state index is 0.0178. The van der Waals surface area contributed by atoms with E-state index < -0.39 is 144 Å².